The monoisotopic (exact) mass is 1020 g/mol. The average molecular weight is 1030 g/mol. The summed E-state index contributed by atoms with van der Waals surface area (Å²) in [6.45, 7) is 6.58. The van der Waals surface area contributed by atoms with Gasteiger partial charge in [-0.25, -0.2) is 0 Å². The van der Waals surface area contributed by atoms with E-state index in [0.29, 0.717) is 23.9 Å². The molecule has 3 unspecified atom stereocenters. The van der Waals surface area contributed by atoms with Crippen molar-refractivity contribution in [2.24, 2.45) is 0 Å². The molecule has 0 aliphatic rings. The summed E-state index contributed by atoms with van der Waals surface area (Å²) in [5, 5.41) is 3.01. The van der Waals surface area contributed by atoms with Crippen LogP contribution < -0.4 is 10.2 Å². The molecule has 0 spiro atoms. The van der Waals surface area contributed by atoms with Crippen molar-refractivity contribution in [1.29, 1.82) is 0 Å². The number of hydrogen-bond acceptors (Lipinski definition) is 7. The molecular formula is C62H109N2O7P. The molecule has 1 amide bonds. The van der Waals surface area contributed by atoms with Gasteiger partial charge in [0.1, 0.15) is 19.3 Å². The summed E-state index contributed by atoms with van der Waals surface area (Å²) in [5.74, 6) is -0.579. The molecule has 0 heterocycles. The summed E-state index contributed by atoms with van der Waals surface area (Å²) in [7, 11) is 1.15. The van der Waals surface area contributed by atoms with E-state index in [-0.39, 0.29) is 31.3 Å². The van der Waals surface area contributed by atoms with Crippen LogP contribution in [0.4, 0.5) is 0 Å². The van der Waals surface area contributed by atoms with E-state index in [2.05, 4.69) is 111 Å². The van der Waals surface area contributed by atoms with Crippen LogP contribution in [-0.2, 0) is 27.9 Å². The normalized spacial score (nSPS) is 14.5. The first-order valence-electron chi connectivity index (χ1n) is 29.0. The number of phosphoric acid groups is 1. The third kappa shape index (κ3) is 51.8. The second-order valence-corrected chi connectivity index (χ2v) is 21.8. The van der Waals surface area contributed by atoms with Gasteiger partial charge in [0.25, 0.3) is 7.82 Å². The number of carbonyl (C=O) groups is 2. The fourth-order valence-corrected chi connectivity index (χ4v) is 8.54. The number of nitrogens with one attached hydrogen (secondary N) is 1. The van der Waals surface area contributed by atoms with E-state index >= 15 is 0 Å². The molecule has 0 aromatic carbocycles. The molecule has 0 fully saturated rings. The predicted octanol–water partition coefficient (Wildman–Crippen LogP) is 17.0. The van der Waals surface area contributed by atoms with Gasteiger partial charge in [0, 0.05) is 12.8 Å². The molecule has 0 radical (unpaired) electrons. The Morgan fingerprint density at radius 1 is 0.500 bits per heavy atom. The van der Waals surface area contributed by atoms with Crippen LogP contribution in [0.25, 0.3) is 0 Å². The van der Waals surface area contributed by atoms with Gasteiger partial charge >= 0.3 is 5.97 Å². The number of quaternary nitrogens is 1. The van der Waals surface area contributed by atoms with Gasteiger partial charge < -0.3 is 28.5 Å². The van der Waals surface area contributed by atoms with Crippen LogP contribution in [0.15, 0.2) is 97.2 Å². The molecule has 0 rings (SSSR count). The van der Waals surface area contributed by atoms with Crippen LogP contribution in [0.5, 0.6) is 0 Å². The number of carbonyl (C=O) groups excluding carboxylic acids is 2. The molecular weight excluding hydrogens is 916 g/mol. The number of allylic oxidation sites excluding steroid dienone is 15. The van der Waals surface area contributed by atoms with Crippen LogP contribution >= 0.6 is 7.82 Å². The standard InChI is InChI=1S/C62H109N2O7P/c1-7-10-13-16-19-22-25-27-29-30-31-32-33-34-35-36-39-42-45-48-51-54-61(65)63-59(58-70-72(67,68)69-57-56-64(4,5)6)60(53-50-47-44-41-38-24-21-18-15-12-9-3)71-62(66)55-52-49-46-43-40-37-28-26-23-20-17-14-11-8-2/h10-11,13-14,19-20,22-23,27,29,31-32,34-35,50,53,59-60H,7-9,12,15-18,21,24-26,28,30,33,36-49,51-52,54-58H2,1-6H3,(H-,63,65,67,68)/b13-10-,14-11+,22-19-,23-20+,29-27-,32-31-,35-34-,53-50-. The number of nitrogens with zero attached hydrogens (tertiary/aromatic N) is 1. The third-order valence-electron chi connectivity index (χ3n) is 12.3. The molecule has 9 nitrogen and oxygen atoms in total. The van der Waals surface area contributed by atoms with Gasteiger partial charge in [-0.3, -0.25) is 14.2 Å². The van der Waals surface area contributed by atoms with Crippen molar-refractivity contribution in [1.82, 2.24) is 5.32 Å². The highest BCUT2D eigenvalue weighted by Gasteiger charge is 2.27. The van der Waals surface area contributed by atoms with Gasteiger partial charge in [-0.15, -0.1) is 0 Å². The Hall–Kier alpha value is -3.07. The van der Waals surface area contributed by atoms with Crippen molar-refractivity contribution >= 4 is 19.7 Å². The predicted molar refractivity (Wildman–Crippen MR) is 307 cm³/mol. The fraction of sp³-hybridized carbons (Fsp3) is 0.710. The van der Waals surface area contributed by atoms with E-state index in [1.165, 1.54) is 64.2 Å². The molecule has 1 N–H and O–H groups in total. The number of unbranched alkanes of at least 4 members (excludes halogenated alkanes) is 21. The highest BCUT2D eigenvalue weighted by Crippen LogP contribution is 2.38. The molecule has 0 aromatic heterocycles. The van der Waals surface area contributed by atoms with Gasteiger partial charge in [-0.1, -0.05) is 215 Å². The summed E-state index contributed by atoms with van der Waals surface area (Å²) in [6.07, 6.45) is 68.0. The minimum Gasteiger partial charge on any atom is -0.756 e. The minimum absolute atomic E-state index is 0.0325. The molecule has 72 heavy (non-hydrogen) atoms. The number of hydrogen-bond donors (Lipinski definition) is 1. The summed E-state index contributed by atoms with van der Waals surface area (Å²) >= 11 is 0. The number of amides is 1. The molecule has 414 valence electrons. The summed E-state index contributed by atoms with van der Waals surface area (Å²) in [5.41, 5.74) is 0. The Morgan fingerprint density at radius 2 is 0.889 bits per heavy atom. The quantitative estimate of drug-likeness (QED) is 0.0212. The highest BCUT2D eigenvalue weighted by atomic mass is 31.2. The Balaban J connectivity index is 5.31. The number of rotatable bonds is 51. The summed E-state index contributed by atoms with van der Waals surface area (Å²) < 4.78 is 30.2. The number of ether oxygens (including phenoxy) is 1. The lowest BCUT2D eigenvalue weighted by molar-refractivity contribution is -0.870. The van der Waals surface area contributed by atoms with E-state index in [4.69, 9.17) is 13.8 Å². The average Bonchev–Trinajstić information content (AvgIpc) is 3.34. The van der Waals surface area contributed by atoms with E-state index < -0.39 is 26.6 Å². The lowest BCUT2D eigenvalue weighted by atomic mass is 10.1. The van der Waals surface area contributed by atoms with Crippen LogP contribution in [0, 0.1) is 0 Å². The van der Waals surface area contributed by atoms with Gasteiger partial charge in [-0.2, -0.15) is 0 Å². The fourth-order valence-electron chi connectivity index (χ4n) is 7.82. The zero-order valence-corrected chi connectivity index (χ0v) is 48.0. The Kier molecular flexibility index (Phi) is 49.2. The molecule has 0 aromatic rings. The van der Waals surface area contributed by atoms with E-state index in [1.54, 1.807) is 0 Å². The molecule has 3 atom stereocenters. The zero-order chi connectivity index (χ0) is 52.9. The van der Waals surface area contributed by atoms with Gasteiger partial charge in [0.2, 0.25) is 5.91 Å². The summed E-state index contributed by atoms with van der Waals surface area (Å²) in [4.78, 5) is 39.9. The first-order chi connectivity index (χ1) is 34.9. The van der Waals surface area contributed by atoms with Crippen molar-refractivity contribution in [3.8, 4) is 0 Å². The van der Waals surface area contributed by atoms with Crippen molar-refractivity contribution < 1.29 is 37.3 Å². The van der Waals surface area contributed by atoms with Crippen LogP contribution in [0.1, 0.15) is 233 Å². The SMILES string of the molecule is CC/C=C\C/C=C\C/C=C\C/C=C\C/C=C\CCCCCCCC(=O)NC(COP(=O)([O-])OCC[N+](C)(C)C)C(/C=C\CCCCCCCCCCC)OC(=O)CCCCCCCCC/C=C/C/C=C/CC. The zero-order valence-electron chi connectivity index (χ0n) is 47.1. The Morgan fingerprint density at radius 3 is 1.33 bits per heavy atom. The lowest BCUT2D eigenvalue weighted by Crippen LogP contribution is -2.47. The smallest absolute Gasteiger partial charge is 0.306 e. The van der Waals surface area contributed by atoms with Gasteiger partial charge in [-0.05, 0) is 102 Å². The van der Waals surface area contributed by atoms with E-state index in [0.717, 1.165) is 122 Å². The second-order valence-electron chi connectivity index (χ2n) is 20.4. The molecule has 0 aliphatic heterocycles. The maximum absolute atomic E-state index is 13.5. The Bertz CT molecular complexity index is 1560. The molecule has 10 heteroatoms. The largest absolute Gasteiger partial charge is 0.756 e. The van der Waals surface area contributed by atoms with Gasteiger partial charge in [0.15, 0.2) is 0 Å². The van der Waals surface area contributed by atoms with Crippen molar-refractivity contribution in [3.63, 3.8) is 0 Å². The highest BCUT2D eigenvalue weighted by molar-refractivity contribution is 7.45. The molecule has 0 saturated heterocycles. The number of esters is 1. The maximum atomic E-state index is 13.5. The van der Waals surface area contributed by atoms with Crippen molar-refractivity contribution in [2.45, 2.75) is 245 Å². The topological polar surface area (TPSA) is 114 Å². The van der Waals surface area contributed by atoms with Crippen LogP contribution in [0.3, 0.4) is 0 Å². The van der Waals surface area contributed by atoms with Crippen LogP contribution in [0.2, 0.25) is 0 Å². The third-order valence-corrected chi connectivity index (χ3v) is 13.2. The first kappa shape index (κ1) is 68.9. The Labute approximate surface area is 443 Å². The molecule has 0 aliphatic carbocycles. The molecule has 0 saturated carbocycles. The first-order valence-corrected chi connectivity index (χ1v) is 30.5. The summed E-state index contributed by atoms with van der Waals surface area (Å²) in [6, 6.07) is -0.906. The van der Waals surface area contributed by atoms with E-state index in [1.807, 2.05) is 33.3 Å². The van der Waals surface area contributed by atoms with Crippen molar-refractivity contribution in [3.05, 3.63) is 97.2 Å². The number of likely N-dealkylation sites (N-methyl/N-ethyl adjacent to an activating group) is 1. The minimum atomic E-state index is -4.71. The van der Waals surface area contributed by atoms with Crippen molar-refractivity contribution in [2.75, 3.05) is 40.9 Å². The number of phosphoric ester groups is 1. The molecule has 0 bridgehead atoms. The maximum Gasteiger partial charge on any atom is 0.306 e. The van der Waals surface area contributed by atoms with E-state index in [9.17, 15) is 19.0 Å². The van der Waals surface area contributed by atoms with Gasteiger partial charge in [0.05, 0.1) is 33.8 Å². The lowest BCUT2D eigenvalue weighted by Gasteiger charge is -2.30. The van der Waals surface area contributed by atoms with Crippen LogP contribution in [-0.4, -0.2) is 69.4 Å². The second kappa shape index (κ2) is 51.4.